The number of aromatic amines is 1. The SMILES string of the molecule is COc1cc[nH+]c(C(C)Cl)c1.F[B-](F)(F)F. The van der Waals surface area contributed by atoms with E-state index in [9.17, 15) is 17.3 Å². The van der Waals surface area contributed by atoms with Gasteiger partial charge in [-0.05, 0) is 6.92 Å². The van der Waals surface area contributed by atoms with E-state index < -0.39 is 7.25 Å². The Morgan fingerprint density at radius 3 is 2.25 bits per heavy atom. The van der Waals surface area contributed by atoms with Crippen LogP contribution < -0.4 is 9.72 Å². The lowest BCUT2D eigenvalue weighted by Crippen LogP contribution is -2.10. The van der Waals surface area contributed by atoms with Gasteiger partial charge >= 0.3 is 7.25 Å². The first-order valence-electron chi connectivity index (χ1n) is 4.31. The van der Waals surface area contributed by atoms with Gasteiger partial charge in [-0.3, -0.25) is 0 Å². The molecule has 1 unspecified atom stereocenters. The number of rotatable bonds is 2. The van der Waals surface area contributed by atoms with Crippen LogP contribution in [0.1, 0.15) is 18.0 Å². The van der Waals surface area contributed by atoms with Gasteiger partial charge in [-0.15, -0.1) is 11.6 Å². The number of hydrogen-bond donors (Lipinski definition) is 0. The number of nitrogens with one attached hydrogen (secondary N) is 1. The Bertz CT molecular complexity index is 315. The quantitative estimate of drug-likeness (QED) is 0.455. The third-order valence-electron chi connectivity index (χ3n) is 1.46. The number of alkyl halides is 1. The van der Waals surface area contributed by atoms with E-state index in [2.05, 4.69) is 4.98 Å². The van der Waals surface area contributed by atoms with Gasteiger partial charge in [-0.1, -0.05) is 0 Å². The second kappa shape index (κ2) is 6.57. The number of aromatic nitrogens is 1. The molecule has 0 radical (unpaired) electrons. The van der Waals surface area contributed by atoms with Crippen LogP contribution in [0.4, 0.5) is 17.3 Å². The fraction of sp³-hybridized carbons (Fsp3) is 0.375. The Morgan fingerprint density at radius 2 is 1.88 bits per heavy atom. The molecule has 0 aliphatic carbocycles. The predicted octanol–water partition coefficient (Wildman–Crippen LogP) is 3.11. The molecule has 0 spiro atoms. The van der Waals surface area contributed by atoms with Crippen molar-refractivity contribution in [1.82, 2.24) is 0 Å². The van der Waals surface area contributed by atoms with Crippen LogP contribution in [-0.2, 0) is 0 Å². The van der Waals surface area contributed by atoms with Crippen LogP contribution >= 0.6 is 11.6 Å². The van der Waals surface area contributed by atoms with Crippen molar-refractivity contribution in [3.05, 3.63) is 24.0 Å². The van der Waals surface area contributed by atoms with Crippen LogP contribution in [0.25, 0.3) is 0 Å². The Hall–Kier alpha value is -0.975. The van der Waals surface area contributed by atoms with E-state index in [0.717, 1.165) is 11.4 Å². The van der Waals surface area contributed by atoms with Crippen molar-refractivity contribution >= 4 is 18.9 Å². The van der Waals surface area contributed by atoms with Gasteiger partial charge in [0.1, 0.15) is 11.1 Å². The van der Waals surface area contributed by atoms with Crippen LogP contribution in [0.5, 0.6) is 5.75 Å². The highest BCUT2D eigenvalue weighted by Crippen LogP contribution is 2.18. The summed E-state index contributed by atoms with van der Waals surface area (Å²) in [6, 6.07) is 3.74. The van der Waals surface area contributed by atoms with E-state index in [4.69, 9.17) is 16.3 Å². The second-order valence-corrected chi connectivity index (χ2v) is 3.45. The summed E-state index contributed by atoms with van der Waals surface area (Å²) in [4.78, 5) is 3.03. The van der Waals surface area contributed by atoms with Crippen LogP contribution in [0.2, 0.25) is 0 Å². The van der Waals surface area contributed by atoms with Crippen molar-refractivity contribution in [3.8, 4) is 5.75 Å². The third-order valence-corrected chi connectivity index (χ3v) is 1.69. The molecule has 0 fully saturated rings. The molecule has 1 heterocycles. The van der Waals surface area contributed by atoms with Gasteiger partial charge < -0.3 is 22.0 Å². The summed E-state index contributed by atoms with van der Waals surface area (Å²) in [7, 11) is -4.36. The van der Waals surface area contributed by atoms with Crippen molar-refractivity contribution in [2.24, 2.45) is 0 Å². The number of pyridine rings is 1. The van der Waals surface area contributed by atoms with Gasteiger partial charge in [0.15, 0.2) is 6.20 Å². The van der Waals surface area contributed by atoms with E-state index in [1.807, 2.05) is 25.3 Å². The van der Waals surface area contributed by atoms with Gasteiger partial charge in [0.25, 0.3) is 0 Å². The lowest BCUT2D eigenvalue weighted by atomic mass is 10.3. The minimum absolute atomic E-state index is 0.00917. The Kier molecular flexibility index (Phi) is 6.17. The fourth-order valence-electron chi connectivity index (χ4n) is 0.820. The number of halogens is 5. The highest BCUT2D eigenvalue weighted by Gasteiger charge is 2.20. The van der Waals surface area contributed by atoms with E-state index in [-0.39, 0.29) is 5.38 Å². The average molecular weight is 259 g/mol. The predicted molar refractivity (Wildman–Crippen MR) is 54.0 cm³/mol. The minimum Gasteiger partial charge on any atom is -0.496 e. The zero-order valence-corrected chi connectivity index (χ0v) is 9.44. The molecule has 2 nitrogen and oxygen atoms in total. The summed E-state index contributed by atoms with van der Waals surface area (Å²) in [5, 5.41) is -0.00917. The van der Waals surface area contributed by atoms with E-state index in [1.54, 1.807) is 7.11 Å². The molecule has 1 aromatic heterocycles. The van der Waals surface area contributed by atoms with Crippen LogP contribution in [-0.4, -0.2) is 14.4 Å². The molecule has 1 aromatic rings. The van der Waals surface area contributed by atoms with E-state index in [0.29, 0.717) is 0 Å². The van der Waals surface area contributed by atoms with E-state index >= 15 is 0 Å². The molecule has 0 aromatic carbocycles. The van der Waals surface area contributed by atoms with E-state index in [1.165, 1.54) is 0 Å². The number of hydrogen-bond acceptors (Lipinski definition) is 1. The maximum absolute atomic E-state index is 9.75. The number of H-pyrrole nitrogens is 1. The average Bonchev–Trinajstić information content (AvgIpc) is 2.15. The fourth-order valence-corrected chi connectivity index (χ4v) is 0.946. The first kappa shape index (κ1) is 15.0. The topological polar surface area (TPSA) is 23.4 Å². The van der Waals surface area contributed by atoms with Gasteiger partial charge in [0.05, 0.1) is 7.11 Å². The highest BCUT2D eigenvalue weighted by molar-refractivity contribution is 6.50. The van der Waals surface area contributed by atoms with Crippen LogP contribution in [0.3, 0.4) is 0 Å². The van der Waals surface area contributed by atoms with Gasteiger partial charge in [-0.2, -0.15) is 0 Å². The zero-order chi connectivity index (χ0) is 12.8. The first-order chi connectivity index (χ1) is 7.24. The molecular formula is C8H11BClF4NO. The molecule has 8 heteroatoms. The number of ether oxygens (including phenoxy) is 1. The molecule has 16 heavy (non-hydrogen) atoms. The molecule has 0 bridgehead atoms. The van der Waals surface area contributed by atoms with Crippen molar-refractivity contribution in [2.45, 2.75) is 12.3 Å². The highest BCUT2D eigenvalue weighted by atomic mass is 35.5. The Balaban J connectivity index is 0.000000385. The summed E-state index contributed by atoms with van der Waals surface area (Å²) in [5.74, 6) is 0.825. The van der Waals surface area contributed by atoms with Gasteiger partial charge in [-0.25, -0.2) is 4.98 Å². The molecule has 1 rings (SSSR count). The van der Waals surface area contributed by atoms with Gasteiger partial charge in [0, 0.05) is 12.1 Å². The standard InChI is InChI=1S/C8H10ClNO.BF4/c1-6(9)8-5-7(11-2)3-4-10-8;2-1(3,4)5/h3-6H,1-2H3;/q;-1/p+1. The zero-order valence-electron chi connectivity index (χ0n) is 8.68. The third kappa shape index (κ3) is 8.34. The summed E-state index contributed by atoms with van der Waals surface area (Å²) >= 11 is 5.85. The number of methoxy groups -OCH3 is 1. The second-order valence-electron chi connectivity index (χ2n) is 2.79. The molecule has 0 aliphatic rings. The maximum Gasteiger partial charge on any atom is 0.673 e. The lowest BCUT2D eigenvalue weighted by Gasteiger charge is -1.98. The molecule has 1 N–H and O–H groups in total. The summed E-state index contributed by atoms with van der Waals surface area (Å²) in [6.45, 7) is 1.91. The summed E-state index contributed by atoms with van der Waals surface area (Å²) in [5.41, 5.74) is 0.964. The van der Waals surface area contributed by atoms with Crippen molar-refractivity contribution in [1.29, 1.82) is 0 Å². The summed E-state index contributed by atoms with van der Waals surface area (Å²) < 4.78 is 44.0. The monoisotopic (exact) mass is 259 g/mol. The maximum atomic E-state index is 9.75. The molecule has 0 saturated carbocycles. The largest absolute Gasteiger partial charge is 0.673 e. The van der Waals surface area contributed by atoms with Crippen molar-refractivity contribution in [3.63, 3.8) is 0 Å². The molecule has 0 saturated heterocycles. The van der Waals surface area contributed by atoms with Crippen molar-refractivity contribution in [2.75, 3.05) is 7.11 Å². The first-order valence-corrected chi connectivity index (χ1v) is 4.74. The molecule has 92 valence electrons. The normalized spacial score (nSPS) is 12.4. The molecule has 0 aliphatic heterocycles. The Labute approximate surface area is 95.7 Å². The minimum atomic E-state index is -6.00. The Morgan fingerprint density at radius 1 is 1.38 bits per heavy atom. The van der Waals surface area contributed by atoms with Crippen LogP contribution in [0, 0.1) is 0 Å². The molecule has 0 amide bonds. The smallest absolute Gasteiger partial charge is 0.496 e. The van der Waals surface area contributed by atoms with Gasteiger partial charge in [0.2, 0.25) is 5.69 Å². The molecule has 1 atom stereocenters. The van der Waals surface area contributed by atoms with Crippen molar-refractivity contribution < 1.29 is 27.0 Å². The molecular weight excluding hydrogens is 248 g/mol. The van der Waals surface area contributed by atoms with Crippen LogP contribution in [0.15, 0.2) is 18.3 Å². The lowest BCUT2D eigenvalue weighted by molar-refractivity contribution is -0.390. The summed E-state index contributed by atoms with van der Waals surface area (Å²) in [6.07, 6.45) is 1.81.